The van der Waals surface area contributed by atoms with Crippen LogP contribution in [0.25, 0.3) is 0 Å². The van der Waals surface area contributed by atoms with Crippen molar-refractivity contribution < 1.29 is 13.2 Å². The van der Waals surface area contributed by atoms with E-state index < -0.39 is 9.84 Å². The van der Waals surface area contributed by atoms with Crippen molar-refractivity contribution in [3.63, 3.8) is 0 Å². The van der Waals surface area contributed by atoms with E-state index >= 15 is 0 Å². The van der Waals surface area contributed by atoms with Crippen molar-refractivity contribution in [2.45, 2.75) is 51.1 Å². The van der Waals surface area contributed by atoms with Gasteiger partial charge >= 0.3 is 0 Å². The van der Waals surface area contributed by atoms with E-state index in [4.69, 9.17) is 5.73 Å². The van der Waals surface area contributed by atoms with Crippen LogP contribution in [0.3, 0.4) is 0 Å². The molecule has 1 amide bonds. The van der Waals surface area contributed by atoms with E-state index in [0.29, 0.717) is 19.3 Å². The average Bonchev–Trinajstić information content (AvgIpc) is 2.21. The molecule has 0 aliphatic carbocycles. The van der Waals surface area contributed by atoms with Crippen LogP contribution in [0, 0.1) is 0 Å². The van der Waals surface area contributed by atoms with E-state index in [1.165, 1.54) is 0 Å². The molecular formula is C11H22N2O3S. The summed E-state index contributed by atoms with van der Waals surface area (Å²) in [5, 5.41) is 2.89. The molecule has 0 aromatic rings. The Balaban J connectivity index is 2.19. The molecule has 0 aromatic heterocycles. The summed E-state index contributed by atoms with van der Waals surface area (Å²) in [5.74, 6) is 0.394. The van der Waals surface area contributed by atoms with Gasteiger partial charge in [0.05, 0.1) is 11.5 Å². The lowest BCUT2D eigenvalue weighted by Gasteiger charge is -2.23. The maximum atomic E-state index is 11.6. The quantitative estimate of drug-likeness (QED) is 0.740. The summed E-state index contributed by atoms with van der Waals surface area (Å²) in [6.07, 6.45) is 3.19. The van der Waals surface area contributed by atoms with Gasteiger partial charge in [-0.3, -0.25) is 4.79 Å². The first kappa shape index (κ1) is 14.4. The molecule has 1 aliphatic rings. The van der Waals surface area contributed by atoms with Gasteiger partial charge in [0.2, 0.25) is 5.91 Å². The van der Waals surface area contributed by atoms with Gasteiger partial charge in [-0.1, -0.05) is 0 Å². The van der Waals surface area contributed by atoms with Crippen molar-refractivity contribution in [2.24, 2.45) is 5.73 Å². The van der Waals surface area contributed by atoms with Crippen molar-refractivity contribution in [2.75, 3.05) is 11.5 Å². The van der Waals surface area contributed by atoms with Gasteiger partial charge in [0.1, 0.15) is 9.84 Å². The lowest BCUT2D eigenvalue weighted by molar-refractivity contribution is -0.122. The molecular weight excluding hydrogens is 240 g/mol. The van der Waals surface area contributed by atoms with Crippen LogP contribution in [0.2, 0.25) is 0 Å². The van der Waals surface area contributed by atoms with Crippen molar-refractivity contribution in [1.29, 1.82) is 0 Å². The molecule has 1 saturated heterocycles. The molecule has 100 valence electrons. The predicted molar refractivity (Wildman–Crippen MR) is 67.3 cm³/mol. The van der Waals surface area contributed by atoms with Crippen LogP contribution in [-0.4, -0.2) is 37.9 Å². The van der Waals surface area contributed by atoms with Crippen molar-refractivity contribution in [3.8, 4) is 0 Å². The number of sulfone groups is 1. The topological polar surface area (TPSA) is 89.3 Å². The second kappa shape index (κ2) is 6.35. The smallest absolute Gasteiger partial charge is 0.220 e. The minimum Gasteiger partial charge on any atom is -0.353 e. The minimum absolute atomic E-state index is 0.00921. The molecule has 0 spiro atoms. The zero-order chi connectivity index (χ0) is 12.9. The summed E-state index contributed by atoms with van der Waals surface area (Å²) in [6.45, 7) is 1.92. The van der Waals surface area contributed by atoms with Crippen LogP contribution in [0.5, 0.6) is 0 Å². The van der Waals surface area contributed by atoms with Crippen molar-refractivity contribution in [3.05, 3.63) is 0 Å². The van der Waals surface area contributed by atoms with E-state index in [1.807, 2.05) is 6.92 Å². The van der Waals surface area contributed by atoms with Crippen molar-refractivity contribution in [1.82, 2.24) is 5.32 Å². The molecule has 1 fully saturated rings. The fourth-order valence-corrected chi connectivity index (χ4v) is 3.41. The van der Waals surface area contributed by atoms with E-state index in [1.54, 1.807) is 0 Å². The Kier molecular flexibility index (Phi) is 5.39. The van der Waals surface area contributed by atoms with Crippen LogP contribution in [0.15, 0.2) is 0 Å². The van der Waals surface area contributed by atoms with Gasteiger partial charge < -0.3 is 11.1 Å². The van der Waals surface area contributed by atoms with Crippen LogP contribution in [-0.2, 0) is 14.6 Å². The number of hydrogen-bond acceptors (Lipinski definition) is 4. The molecule has 1 aliphatic heterocycles. The minimum atomic E-state index is -2.85. The van der Waals surface area contributed by atoms with E-state index in [2.05, 4.69) is 5.32 Å². The third-order valence-corrected chi connectivity index (χ3v) is 4.70. The highest BCUT2D eigenvalue weighted by atomic mass is 32.2. The summed E-state index contributed by atoms with van der Waals surface area (Å²) in [6, 6.07) is 0.156. The number of carbonyl (C=O) groups is 1. The Morgan fingerprint density at radius 2 is 2.00 bits per heavy atom. The molecule has 1 heterocycles. The standard InChI is InChI=1S/C11H22N2O3S/c1-9(12)3-2-4-11(14)13-10-5-7-17(15,16)8-6-10/h9-10H,2-8,12H2,1H3,(H,13,14). The van der Waals surface area contributed by atoms with E-state index in [9.17, 15) is 13.2 Å². The zero-order valence-corrected chi connectivity index (χ0v) is 11.1. The molecule has 0 saturated carbocycles. The van der Waals surface area contributed by atoms with Gasteiger partial charge in [-0.2, -0.15) is 0 Å². The molecule has 1 rings (SSSR count). The fourth-order valence-electron chi connectivity index (χ4n) is 1.92. The number of nitrogens with two attached hydrogens (primary N) is 1. The first-order valence-corrected chi connectivity index (χ1v) is 7.96. The highest BCUT2D eigenvalue weighted by Gasteiger charge is 2.24. The van der Waals surface area contributed by atoms with Gasteiger partial charge in [0.25, 0.3) is 0 Å². The SMILES string of the molecule is CC(N)CCCC(=O)NC1CCS(=O)(=O)CC1. The first-order chi connectivity index (χ1) is 7.89. The number of carbonyl (C=O) groups excluding carboxylic acids is 1. The monoisotopic (exact) mass is 262 g/mol. The Morgan fingerprint density at radius 3 is 2.53 bits per heavy atom. The Morgan fingerprint density at radius 1 is 1.41 bits per heavy atom. The number of amides is 1. The average molecular weight is 262 g/mol. The molecule has 17 heavy (non-hydrogen) atoms. The lowest BCUT2D eigenvalue weighted by atomic mass is 10.1. The van der Waals surface area contributed by atoms with Gasteiger partial charge in [-0.15, -0.1) is 0 Å². The van der Waals surface area contributed by atoms with E-state index in [0.717, 1.165) is 12.8 Å². The molecule has 1 unspecified atom stereocenters. The second-order valence-corrected chi connectivity index (χ2v) is 7.17. The first-order valence-electron chi connectivity index (χ1n) is 6.14. The Labute approximate surface area is 103 Å². The van der Waals surface area contributed by atoms with Crippen molar-refractivity contribution >= 4 is 15.7 Å². The van der Waals surface area contributed by atoms with Gasteiger partial charge in [-0.25, -0.2) is 8.42 Å². The summed E-state index contributed by atoms with van der Waals surface area (Å²) in [4.78, 5) is 11.6. The van der Waals surface area contributed by atoms with Crippen LogP contribution < -0.4 is 11.1 Å². The van der Waals surface area contributed by atoms with Crippen LogP contribution in [0.1, 0.15) is 39.0 Å². The molecule has 0 bridgehead atoms. The highest BCUT2D eigenvalue weighted by molar-refractivity contribution is 7.91. The summed E-state index contributed by atoms with van der Waals surface area (Å²) in [7, 11) is -2.85. The molecule has 6 heteroatoms. The van der Waals surface area contributed by atoms with E-state index in [-0.39, 0.29) is 29.5 Å². The Bertz CT molecular complexity index is 338. The fraction of sp³-hybridized carbons (Fsp3) is 0.909. The molecule has 1 atom stereocenters. The number of rotatable bonds is 5. The summed E-state index contributed by atoms with van der Waals surface area (Å²) >= 11 is 0. The normalized spacial score (nSPS) is 22.0. The van der Waals surface area contributed by atoms with Crippen LogP contribution >= 0.6 is 0 Å². The highest BCUT2D eigenvalue weighted by Crippen LogP contribution is 2.12. The molecule has 3 N–H and O–H groups in total. The third-order valence-electron chi connectivity index (χ3n) is 2.98. The number of nitrogens with one attached hydrogen (secondary N) is 1. The lowest BCUT2D eigenvalue weighted by Crippen LogP contribution is -2.40. The third kappa shape index (κ3) is 6.02. The molecule has 5 nitrogen and oxygen atoms in total. The van der Waals surface area contributed by atoms with Gasteiger partial charge in [0.15, 0.2) is 0 Å². The summed E-state index contributed by atoms with van der Waals surface area (Å²) < 4.78 is 22.4. The van der Waals surface area contributed by atoms with Gasteiger partial charge in [0, 0.05) is 18.5 Å². The largest absolute Gasteiger partial charge is 0.353 e. The Hall–Kier alpha value is -0.620. The van der Waals surface area contributed by atoms with Crippen LogP contribution in [0.4, 0.5) is 0 Å². The van der Waals surface area contributed by atoms with Gasteiger partial charge in [-0.05, 0) is 32.6 Å². The maximum Gasteiger partial charge on any atom is 0.220 e. The molecule has 0 aromatic carbocycles. The number of hydrogen-bond donors (Lipinski definition) is 2. The summed E-state index contributed by atoms with van der Waals surface area (Å²) in [5.41, 5.74) is 5.59. The zero-order valence-electron chi connectivity index (χ0n) is 10.3. The molecule has 0 radical (unpaired) electrons. The predicted octanol–water partition coefficient (Wildman–Crippen LogP) is 0.197. The maximum absolute atomic E-state index is 11.6. The second-order valence-electron chi connectivity index (χ2n) is 4.86.